The van der Waals surface area contributed by atoms with E-state index in [-0.39, 0.29) is 5.78 Å². The number of halogens is 2. The fourth-order valence-corrected chi connectivity index (χ4v) is 2.83. The van der Waals surface area contributed by atoms with Crippen molar-refractivity contribution in [1.82, 2.24) is 0 Å². The lowest BCUT2D eigenvalue weighted by atomic mass is 9.97. The molecule has 0 fully saturated rings. The molecule has 0 heterocycles. The average Bonchev–Trinajstić information content (AvgIpc) is 2.40. The van der Waals surface area contributed by atoms with Gasteiger partial charge in [0.15, 0.2) is 5.78 Å². The standard InChI is InChI=1S/C17H16Cl2O/c1-11-5-3-6-13(12(11)2)9-10-16(20)17-14(18)7-4-8-15(17)19/h3-8H,9-10H2,1-2H3. The highest BCUT2D eigenvalue weighted by Gasteiger charge is 2.14. The Labute approximate surface area is 129 Å². The molecule has 0 aliphatic heterocycles. The minimum absolute atomic E-state index is 0.0125. The number of benzene rings is 2. The van der Waals surface area contributed by atoms with E-state index in [1.54, 1.807) is 18.2 Å². The van der Waals surface area contributed by atoms with Gasteiger partial charge in [0.25, 0.3) is 0 Å². The minimum Gasteiger partial charge on any atom is -0.294 e. The Balaban J connectivity index is 2.15. The summed E-state index contributed by atoms with van der Waals surface area (Å²) in [6, 6.07) is 11.3. The highest BCUT2D eigenvalue weighted by Crippen LogP contribution is 2.26. The summed E-state index contributed by atoms with van der Waals surface area (Å²) < 4.78 is 0. The van der Waals surface area contributed by atoms with E-state index in [0.29, 0.717) is 28.5 Å². The fourth-order valence-electron chi connectivity index (χ4n) is 2.22. The molecule has 0 aliphatic rings. The van der Waals surface area contributed by atoms with Crippen LogP contribution in [0.5, 0.6) is 0 Å². The van der Waals surface area contributed by atoms with Crippen LogP contribution in [0.4, 0.5) is 0 Å². The molecular weight excluding hydrogens is 291 g/mol. The van der Waals surface area contributed by atoms with Gasteiger partial charge in [-0.25, -0.2) is 0 Å². The van der Waals surface area contributed by atoms with E-state index in [9.17, 15) is 4.79 Å². The number of aryl methyl sites for hydroxylation is 2. The number of rotatable bonds is 4. The average molecular weight is 307 g/mol. The van der Waals surface area contributed by atoms with Crippen molar-refractivity contribution in [3.8, 4) is 0 Å². The highest BCUT2D eigenvalue weighted by atomic mass is 35.5. The number of hydrogen-bond donors (Lipinski definition) is 0. The second-order valence-electron chi connectivity index (χ2n) is 4.88. The zero-order chi connectivity index (χ0) is 14.7. The van der Waals surface area contributed by atoms with E-state index in [4.69, 9.17) is 23.2 Å². The van der Waals surface area contributed by atoms with Crippen molar-refractivity contribution < 1.29 is 4.79 Å². The summed E-state index contributed by atoms with van der Waals surface area (Å²) in [5.74, 6) is -0.0125. The molecule has 0 unspecified atom stereocenters. The summed E-state index contributed by atoms with van der Waals surface area (Å²) in [5.41, 5.74) is 4.11. The molecule has 0 saturated carbocycles. The van der Waals surface area contributed by atoms with Crippen LogP contribution in [-0.4, -0.2) is 5.78 Å². The fraction of sp³-hybridized carbons (Fsp3) is 0.235. The number of ketones is 1. The van der Waals surface area contributed by atoms with E-state index >= 15 is 0 Å². The second kappa shape index (κ2) is 6.43. The molecule has 0 amide bonds. The van der Waals surface area contributed by atoms with Crippen LogP contribution in [-0.2, 0) is 6.42 Å². The van der Waals surface area contributed by atoms with Gasteiger partial charge in [-0.2, -0.15) is 0 Å². The first-order chi connectivity index (χ1) is 9.50. The Kier molecular flexibility index (Phi) is 4.85. The van der Waals surface area contributed by atoms with Gasteiger partial charge in [-0.1, -0.05) is 47.5 Å². The Morgan fingerprint density at radius 3 is 2.25 bits per heavy atom. The summed E-state index contributed by atoms with van der Waals surface area (Å²) in [6.07, 6.45) is 1.11. The van der Waals surface area contributed by atoms with Gasteiger partial charge in [-0.05, 0) is 49.1 Å². The second-order valence-corrected chi connectivity index (χ2v) is 5.69. The van der Waals surface area contributed by atoms with Crippen LogP contribution in [0, 0.1) is 13.8 Å². The number of carbonyl (C=O) groups excluding carboxylic acids is 1. The molecule has 0 aromatic heterocycles. The summed E-state index contributed by atoms with van der Waals surface area (Å²) in [6.45, 7) is 4.16. The molecule has 0 radical (unpaired) electrons. The summed E-state index contributed by atoms with van der Waals surface area (Å²) >= 11 is 12.1. The Morgan fingerprint density at radius 1 is 1.00 bits per heavy atom. The number of hydrogen-bond acceptors (Lipinski definition) is 1. The third-order valence-corrected chi connectivity index (χ3v) is 4.21. The normalized spacial score (nSPS) is 10.6. The molecule has 2 aromatic rings. The summed E-state index contributed by atoms with van der Waals surface area (Å²) in [5, 5.41) is 0.840. The van der Waals surface area contributed by atoms with Crippen molar-refractivity contribution in [2.24, 2.45) is 0 Å². The van der Waals surface area contributed by atoms with Crippen molar-refractivity contribution in [2.45, 2.75) is 26.7 Å². The van der Waals surface area contributed by atoms with E-state index in [0.717, 1.165) is 0 Å². The lowest BCUT2D eigenvalue weighted by Crippen LogP contribution is -2.04. The number of carbonyl (C=O) groups is 1. The van der Waals surface area contributed by atoms with E-state index in [2.05, 4.69) is 26.0 Å². The van der Waals surface area contributed by atoms with Crippen molar-refractivity contribution in [3.05, 3.63) is 68.7 Å². The highest BCUT2D eigenvalue weighted by molar-refractivity contribution is 6.39. The van der Waals surface area contributed by atoms with Crippen molar-refractivity contribution in [3.63, 3.8) is 0 Å². The number of Topliss-reactive ketones (excluding diaryl/α,β-unsaturated/α-hetero) is 1. The smallest absolute Gasteiger partial charge is 0.166 e. The predicted octanol–water partition coefficient (Wildman–Crippen LogP) is 5.43. The molecule has 2 rings (SSSR count). The zero-order valence-corrected chi connectivity index (χ0v) is 13.1. The maximum absolute atomic E-state index is 12.3. The van der Waals surface area contributed by atoms with Gasteiger partial charge in [-0.3, -0.25) is 4.79 Å². The molecule has 0 saturated heterocycles. The van der Waals surface area contributed by atoms with Crippen LogP contribution in [0.1, 0.15) is 33.5 Å². The zero-order valence-electron chi connectivity index (χ0n) is 11.5. The topological polar surface area (TPSA) is 17.1 Å². The molecule has 0 spiro atoms. The Bertz CT molecular complexity index is 627. The maximum Gasteiger partial charge on any atom is 0.166 e. The van der Waals surface area contributed by atoms with Gasteiger partial charge >= 0.3 is 0 Å². The van der Waals surface area contributed by atoms with Crippen LogP contribution in [0.3, 0.4) is 0 Å². The van der Waals surface area contributed by atoms with Crippen LogP contribution >= 0.6 is 23.2 Å². The summed E-state index contributed by atoms with van der Waals surface area (Å²) in [7, 11) is 0. The molecule has 0 atom stereocenters. The molecule has 0 bridgehead atoms. The quantitative estimate of drug-likeness (QED) is 0.689. The van der Waals surface area contributed by atoms with Gasteiger partial charge in [0, 0.05) is 6.42 Å². The lowest BCUT2D eigenvalue weighted by Gasteiger charge is -2.09. The van der Waals surface area contributed by atoms with E-state index in [1.165, 1.54) is 16.7 Å². The third kappa shape index (κ3) is 3.23. The first kappa shape index (κ1) is 15.1. The van der Waals surface area contributed by atoms with Gasteiger partial charge < -0.3 is 0 Å². The Morgan fingerprint density at radius 2 is 1.60 bits per heavy atom. The van der Waals surface area contributed by atoms with Gasteiger partial charge in [-0.15, -0.1) is 0 Å². The third-order valence-electron chi connectivity index (χ3n) is 3.58. The van der Waals surface area contributed by atoms with Gasteiger partial charge in [0.1, 0.15) is 0 Å². The molecule has 0 N–H and O–H groups in total. The van der Waals surface area contributed by atoms with E-state index < -0.39 is 0 Å². The van der Waals surface area contributed by atoms with Crippen LogP contribution in [0.2, 0.25) is 10.0 Å². The maximum atomic E-state index is 12.3. The first-order valence-electron chi connectivity index (χ1n) is 6.53. The summed E-state index contributed by atoms with van der Waals surface area (Å²) in [4.78, 5) is 12.3. The Hall–Kier alpha value is -1.31. The first-order valence-corrected chi connectivity index (χ1v) is 7.28. The molecule has 3 heteroatoms. The van der Waals surface area contributed by atoms with Crippen molar-refractivity contribution in [1.29, 1.82) is 0 Å². The predicted molar refractivity (Wildman–Crippen MR) is 85.0 cm³/mol. The molecular formula is C17H16Cl2O. The van der Waals surface area contributed by atoms with Crippen LogP contribution in [0.15, 0.2) is 36.4 Å². The minimum atomic E-state index is -0.0125. The lowest BCUT2D eigenvalue weighted by molar-refractivity contribution is 0.0983. The van der Waals surface area contributed by atoms with Crippen molar-refractivity contribution >= 4 is 29.0 Å². The van der Waals surface area contributed by atoms with Crippen LogP contribution in [0.25, 0.3) is 0 Å². The SMILES string of the molecule is Cc1cccc(CCC(=O)c2c(Cl)cccc2Cl)c1C. The van der Waals surface area contributed by atoms with Crippen LogP contribution < -0.4 is 0 Å². The molecule has 2 aromatic carbocycles. The van der Waals surface area contributed by atoms with Crippen molar-refractivity contribution in [2.75, 3.05) is 0 Å². The van der Waals surface area contributed by atoms with Gasteiger partial charge in [0.2, 0.25) is 0 Å². The monoisotopic (exact) mass is 306 g/mol. The van der Waals surface area contributed by atoms with Gasteiger partial charge in [0.05, 0.1) is 15.6 Å². The molecule has 104 valence electrons. The van der Waals surface area contributed by atoms with E-state index in [1.807, 2.05) is 6.07 Å². The molecule has 0 aliphatic carbocycles. The largest absolute Gasteiger partial charge is 0.294 e. The molecule has 1 nitrogen and oxygen atoms in total. The molecule has 20 heavy (non-hydrogen) atoms.